The van der Waals surface area contributed by atoms with Gasteiger partial charge in [-0.25, -0.2) is 0 Å². The normalized spacial score (nSPS) is 20.0. The number of carbonyl (C=O) groups is 1. The van der Waals surface area contributed by atoms with Crippen molar-refractivity contribution in [2.75, 3.05) is 0 Å². The molecule has 5 nitrogen and oxygen atoms in total. The predicted molar refractivity (Wildman–Crippen MR) is 104 cm³/mol. The first kappa shape index (κ1) is 21.9. The molecule has 1 fully saturated rings. The molecule has 0 unspecified atom stereocenters. The van der Waals surface area contributed by atoms with E-state index in [0.717, 1.165) is 25.7 Å². The van der Waals surface area contributed by atoms with E-state index in [2.05, 4.69) is 15.4 Å². The highest BCUT2D eigenvalue weighted by molar-refractivity contribution is 6.32. The van der Waals surface area contributed by atoms with Gasteiger partial charge in [0.25, 0.3) is 5.91 Å². The fraction of sp³-hybridized carbons (Fsp3) is 0.526. The number of halogens is 5. The van der Waals surface area contributed by atoms with Crippen LogP contribution in [-0.4, -0.2) is 26.7 Å². The molecule has 2 aromatic heterocycles. The second-order valence-corrected chi connectivity index (χ2v) is 8.22. The number of carbonyl (C=O) groups excluding carboxylic acids is 1. The Kier molecular flexibility index (Phi) is 6.43. The number of rotatable bonds is 4. The van der Waals surface area contributed by atoms with Crippen molar-refractivity contribution in [2.45, 2.75) is 58.3 Å². The zero-order chi connectivity index (χ0) is 21.3. The highest BCUT2D eigenvalue weighted by Crippen LogP contribution is 2.36. The van der Waals surface area contributed by atoms with Crippen molar-refractivity contribution in [3.05, 3.63) is 45.0 Å². The number of nitrogens with zero attached hydrogens (tertiary/aromatic N) is 3. The van der Waals surface area contributed by atoms with E-state index in [4.69, 9.17) is 23.2 Å². The molecule has 1 saturated carbocycles. The maximum absolute atomic E-state index is 13.0. The smallest absolute Gasteiger partial charge is 0.349 e. The summed E-state index contributed by atoms with van der Waals surface area (Å²) in [4.78, 5) is 16.6. The predicted octanol–water partition coefficient (Wildman–Crippen LogP) is 5.21. The van der Waals surface area contributed by atoms with Gasteiger partial charge in [-0.3, -0.25) is 14.5 Å². The van der Waals surface area contributed by atoms with Gasteiger partial charge in [0.15, 0.2) is 5.69 Å². The molecule has 0 saturated heterocycles. The summed E-state index contributed by atoms with van der Waals surface area (Å²) >= 11 is 11.7. The third-order valence-corrected chi connectivity index (χ3v) is 5.97. The van der Waals surface area contributed by atoms with E-state index in [-0.39, 0.29) is 22.9 Å². The molecule has 0 spiro atoms. The van der Waals surface area contributed by atoms with Crippen LogP contribution in [0.4, 0.5) is 13.2 Å². The number of nitrogens with one attached hydrogen (secondary N) is 1. The van der Waals surface area contributed by atoms with Gasteiger partial charge in [0.2, 0.25) is 0 Å². The highest BCUT2D eigenvalue weighted by Gasteiger charge is 2.38. The second-order valence-electron chi connectivity index (χ2n) is 7.41. The van der Waals surface area contributed by atoms with Gasteiger partial charge in [-0.2, -0.15) is 18.3 Å². The average molecular weight is 449 g/mol. The molecule has 29 heavy (non-hydrogen) atoms. The van der Waals surface area contributed by atoms with Crippen molar-refractivity contribution in [3.63, 3.8) is 0 Å². The van der Waals surface area contributed by atoms with E-state index >= 15 is 0 Å². The quantitative estimate of drug-likeness (QED) is 0.698. The maximum atomic E-state index is 13.0. The molecule has 0 atom stereocenters. The summed E-state index contributed by atoms with van der Waals surface area (Å²) in [5.41, 5.74) is 0.328. The van der Waals surface area contributed by atoms with Crippen LogP contribution < -0.4 is 5.32 Å². The van der Waals surface area contributed by atoms with Gasteiger partial charge in [-0.15, -0.1) is 0 Å². The molecule has 1 N–H and O–H groups in total. The lowest BCUT2D eigenvalue weighted by atomic mass is 9.86. The molecule has 1 amide bonds. The number of pyridine rings is 1. The van der Waals surface area contributed by atoms with Crippen molar-refractivity contribution < 1.29 is 18.0 Å². The third kappa shape index (κ3) is 5.04. The third-order valence-electron chi connectivity index (χ3n) is 5.31. The molecule has 0 aliphatic heterocycles. The van der Waals surface area contributed by atoms with Crippen LogP contribution in [0.3, 0.4) is 0 Å². The van der Waals surface area contributed by atoms with Gasteiger partial charge in [-0.1, -0.05) is 23.2 Å². The van der Waals surface area contributed by atoms with Crippen LogP contribution in [0, 0.1) is 19.8 Å². The van der Waals surface area contributed by atoms with E-state index in [1.54, 1.807) is 13.0 Å². The lowest BCUT2D eigenvalue weighted by Crippen LogP contribution is -2.38. The van der Waals surface area contributed by atoms with E-state index in [9.17, 15) is 18.0 Å². The SMILES string of the molecule is Cc1ncc(Cl)cc1C(=O)NC1CCC(Cn2nc(C(F)(F)F)c(Cl)c2C)CC1. The zero-order valence-corrected chi connectivity index (χ0v) is 17.5. The molecule has 1 aliphatic carbocycles. The van der Waals surface area contributed by atoms with Crippen LogP contribution in [0.15, 0.2) is 12.3 Å². The number of aromatic nitrogens is 3. The van der Waals surface area contributed by atoms with Crippen molar-refractivity contribution >= 4 is 29.1 Å². The fourth-order valence-corrected chi connectivity index (χ4v) is 4.02. The minimum Gasteiger partial charge on any atom is -0.349 e. The Morgan fingerprint density at radius 2 is 1.90 bits per heavy atom. The molecule has 1 aliphatic rings. The second kappa shape index (κ2) is 8.52. The number of aryl methyl sites for hydroxylation is 1. The molecule has 3 rings (SSSR count). The molecule has 0 bridgehead atoms. The first-order chi connectivity index (χ1) is 13.6. The number of amides is 1. The van der Waals surface area contributed by atoms with Crippen molar-refractivity contribution in [1.82, 2.24) is 20.1 Å². The van der Waals surface area contributed by atoms with E-state index in [1.165, 1.54) is 17.8 Å². The topological polar surface area (TPSA) is 59.8 Å². The Morgan fingerprint density at radius 3 is 2.48 bits per heavy atom. The van der Waals surface area contributed by atoms with Gasteiger partial charge < -0.3 is 5.32 Å². The molecule has 2 aromatic rings. The zero-order valence-electron chi connectivity index (χ0n) is 16.0. The standard InChI is InChI=1S/C19H21Cl2F3N4O/c1-10-15(7-13(20)8-25-10)18(29)26-14-5-3-12(4-6-14)9-28-11(2)16(21)17(27-28)19(22,23)24/h7-8,12,14H,3-6,9H2,1-2H3,(H,26,29). The van der Waals surface area contributed by atoms with E-state index < -0.39 is 11.9 Å². The van der Waals surface area contributed by atoms with Gasteiger partial charge in [0.1, 0.15) is 0 Å². The Morgan fingerprint density at radius 1 is 1.24 bits per heavy atom. The van der Waals surface area contributed by atoms with Crippen LogP contribution in [-0.2, 0) is 12.7 Å². The molecule has 0 radical (unpaired) electrons. The van der Waals surface area contributed by atoms with Gasteiger partial charge >= 0.3 is 6.18 Å². The Hall–Kier alpha value is -1.80. The van der Waals surface area contributed by atoms with Gasteiger partial charge in [-0.05, 0) is 51.5 Å². The van der Waals surface area contributed by atoms with Gasteiger partial charge in [0, 0.05) is 18.8 Å². The van der Waals surface area contributed by atoms with Crippen molar-refractivity contribution in [2.24, 2.45) is 5.92 Å². The average Bonchev–Trinajstić information content (AvgIpc) is 2.94. The number of hydrogen-bond acceptors (Lipinski definition) is 3. The summed E-state index contributed by atoms with van der Waals surface area (Å²) in [5.74, 6) is -0.0426. The lowest BCUT2D eigenvalue weighted by molar-refractivity contribution is -0.141. The van der Waals surface area contributed by atoms with Gasteiger partial charge in [0.05, 0.1) is 27.0 Å². The Bertz CT molecular complexity index is 906. The Balaban J connectivity index is 1.57. The molecular weight excluding hydrogens is 428 g/mol. The molecule has 158 valence electrons. The van der Waals surface area contributed by atoms with E-state index in [1.807, 2.05) is 0 Å². The molecule has 0 aromatic carbocycles. The highest BCUT2D eigenvalue weighted by atomic mass is 35.5. The largest absolute Gasteiger partial charge is 0.436 e. The first-order valence-corrected chi connectivity index (χ1v) is 10.0. The number of hydrogen-bond donors (Lipinski definition) is 1. The minimum absolute atomic E-state index is 0.00479. The Labute approximate surface area is 176 Å². The summed E-state index contributed by atoms with van der Waals surface area (Å²) in [5, 5.41) is 6.73. The van der Waals surface area contributed by atoms with Crippen LogP contribution >= 0.6 is 23.2 Å². The van der Waals surface area contributed by atoms with Crippen molar-refractivity contribution in [1.29, 1.82) is 0 Å². The monoisotopic (exact) mass is 448 g/mol. The van der Waals surface area contributed by atoms with Crippen LogP contribution in [0.2, 0.25) is 10.0 Å². The first-order valence-electron chi connectivity index (χ1n) is 9.29. The summed E-state index contributed by atoms with van der Waals surface area (Å²) in [6.45, 7) is 3.66. The van der Waals surface area contributed by atoms with Crippen LogP contribution in [0.5, 0.6) is 0 Å². The number of alkyl halides is 3. The molecule has 2 heterocycles. The van der Waals surface area contributed by atoms with E-state index in [0.29, 0.717) is 28.5 Å². The summed E-state index contributed by atoms with van der Waals surface area (Å²) in [6.07, 6.45) is -0.0474. The maximum Gasteiger partial charge on any atom is 0.436 e. The summed E-state index contributed by atoms with van der Waals surface area (Å²) in [7, 11) is 0. The van der Waals surface area contributed by atoms with Crippen LogP contribution in [0.25, 0.3) is 0 Å². The minimum atomic E-state index is -4.57. The lowest BCUT2D eigenvalue weighted by Gasteiger charge is -2.29. The van der Waals surface area contributed by atoms with Crippen molar-refractivity contribution in [3.8, 4) is 0 Å². The van der Waals surface area contributed by atoms with Crippen LogP contribution in [0.1, 0.15) is 53.1 Å². The summed E-state index contributed by atoms with van der Waals surface area (Å²) < 4.78 is 40.3. The molecular formula is C19H21Cl2F3N4O. The molecule has 10 heteroatoms. The fourth-order valence-electron chi connectivity index (χ4n) is 3.62. The summed E-state index contributed by atoms with van der Waals surface area (Å²) in [6, 6.07) is 1.60.